The van der Waals surface area contributed by atoms with Crippen molar-refractivity contribution in [3.05, 3.63) is 88.2 Å². The van der Waals surface area contributed by atoms with E-state index >= 15 is 0 Å². The summed E-state index contributed by atoms with van der Waals surface area (Å²) in [6.07, 6.45) is 4.47. The smallest absolute Gasteiger partial charge is 0.123 e. The zero-order valence-electron chi connectivity index (χ0n) is 11.3. The van der Waals surface area contributed by atoms with Gasteiger partial charge < -0.3 is 4.57 Å². The first-order chi connectivity index (χ1) is 10.2. The van der Waals surface area contributed by atoms with Gasteiger partial charge in [-0.15, -0.1) is 0 Å². The lowest BCUT2D eigenvalue weighted by atomic mass is 10.1. The maximum absolute atomic E-state index is 12.9. The molecule has 106 valence electrons. The monoisotopic (exact) mass is 344 g/mol. The van der Waals surface area contributed by atoms with E-state index in [1.807, 2.05) is 18.3 Å². The Labute approximate surface area is 131 Å². The van der Waals surface area contributed by atoms with Crippen molar-refractivity contribution in [3.8, 4) is 0 Å². The first kappa shape index (κ1) is 14.0. The van der Waals surface area contributed by atoms with Crippen molar-refractivity contribution in [3.63, 3.8) is 0 Å². The van der Waals surface area contributed by atoms with Crippen LogP contribution in [0, 0.1) is 5.82 Å². The molecule has 0 fully saturated rings. The molecule has 0 atom stereocenters. The topological polar surface area (TPSA) is 17.8 Å². The van der Waals surface area contributed by atoms with E-state index in [2.05, 4.69) is 37.6 Å². The van der Waals surface area contributed by atoms with Gasteiger partial charge in [0.15, 0.2) is 0 Å². The van der Waals surface area contributed by atoms with Crippen LogP contribution in [-0.4, -0.2) is 9.55 Å². The van der Waals surface area contributed by atoms with Gasteiger partial charge in [0.1, 0.15) is 11.6 Å². The number of halogens is 2. The fourth-order valence-corrected chi connectivity index (χ4v) is 2.71. The number of benzene rings is 2. The second-order valence-electron chi connectivity index (χ2n) is 4.90. The first-order valence-electron chi connectivity index (χ1n) is 6.69. The highest BCUT2D eigenvalue weighted by Gasteiger charge is 2.05. The minimum atomic E-state index is -0.212. The van der Waals surface area contributed by atoms with Crippen LogP contribution in [0.25, 0.3) is 0 Å². The van der Waals surface area contributed by atoms with Gasteiger partial charge >= 0.3 is 0 Å². The minimum absolute atomic E-state index is 0.212. The van der Waals surface area contributed by atoms with E-state index in [4.69, 9.17) is 0 Å². The predicted octanol–water partition coefficient (Wildman–Crippen LogP) is 4.42. The fraction of sp³-hybridized carbons (Fsp3) is 0.118. The van der Waals surface area contributed by atoms with E-state index < -0.39 is 0 Å². The van der Waals surface area contributed by atoms with E-state index in [1.54, 1.807) is 18.3 Å². The molecule has 0 radical (unpaired) electrons. The molecule has 0 spiro atoms. The second kappa shape index (κ2) is 6.22. The van der Waals surface area contributed by atoms with Gasteiger partial charge in [-0.05, 0) is 35.4 Å². The number of hydrogen-bond donors (Lipinski definition) is 0. The van der Waals surface area contributed by atoms with Crippen LogP contribution < -0.4 is 0 Å². The normalized spacial score (nSPS) is 10.8. The molecule has 1 heterocycles. The molecule has 0 aliphatic heterocycles. The van der Waals surface area contributed by atoms with Crippen LogP contribution in [-0.2, 0) is 13.0 Å². The van der Waals surface area contributed by atoms with Gasteiger partial charge in [0.25, 0.3) is 0 Å². The molecule has 21 heavy (non-hydrogen) atoms. The van der Waals surface area contributed by atoms with Gasteiger partial charge in [-0.3, -0.25) is 0 Å². The molecule has 0 bridgehead atoms. The van der Waals surface area contributed by atoms with Crippen LogP contribution in [0.15, 0.2) is 65.4 Å². The van der Waals surface area contributed by atoms with Crippen LogP contribution in [0.4, 0.5) is 4.39 Å². The lowest BCUT2D eigenvalue weighted by Gasteiger charge is -2.08. The quantitative estimate of drug-likeness (QED) is 0.684. The van der Waals surface area contributed by atoms with Crippen molar-refractivity contribution in [2.24, 2.45) is 0 Å². The third kappa shape index (κ3) is 3.58. The summed E-state index contributed by atoms with van der Waals surface area (Å²) in [5.74, 6) is 0.762. The molecule has 0 aliphatic rings. The number of imidazole rings is 1. The summed E-state index contributed by atoms with van der Waals surface area (Å²) in [4.78, 5) is 4.41. The van der Waals surface area contributed by atoms with E-state index in [0.29, 0.717) is 6.42 Å². The lowest BCUT2D eigenvalue weighted by molar-refractivity contribution is 0.627. The summed E-state index contributed by atoms with van der Waals surface area (Å²) in [6, 6.07) is 14.8. The van der Waals surface area contributed by atoms with Crippen molar-refractivity contribution in [1.82, 2.24) is 9.55 Å². The fourth-order valence-electron chi connectivity index (χ4n) is 2.27. The molecule has 3 rings (SSSR count). The number of aromatic nitrogens is 2. The molecule has 1 aromatic heterocycles. The highest BCUT2D eigenvalue weighted by molar-refractivity contribution is 9.10. The third-order valence-corrected chi connectivity index (χ3v) is 3.81. The Morgan fingerprint density at radius 2 is 1.86 bits per heavy atom. The third-order valence-electron chi connectivity index (χ3n) is 3.32. The first-order valence-corrected chi connectivity index (χ1v) is 7.49. The standard InChI is InChI=1S/C17H14BrFN2/c18-15-3-1-2-14(10-15)12-21-9-8-20-17(21)11-13-4-6-16(19)7-5-13/h1-10H,11-12H2. The second-order valence-corrected chi connectivity index (χ2v) is 5.82. The van der Waals surface area contributed by atoms with Crippen LogP contribution in [0.2, 0.25) is 0 Å². The van der Waals surface area contributed by atoms with Crippen molar-refractivity contribution in [1.29, 1.82) is 0 Å². The molecule has 0 N–H and O–H groups in total. The average molecular weight is 345 g/mol. The minimum Gasteiger partial charge on any atom is -0.330 e. The zero-order valence-corrected chi connectivity index (χ0v) is 12.9. The summed E-state index contributed by atoms with van der Waals surface area (Å²) in [7, 11) is 0. The number of hydrogen-bond acceptors (Lipinski definition) is 1. The summed E-state index contributed by atoms with van der Waals surface area (Å²) < 4.78 is 16.1. The van der Waals surface area contributed by atoms with Crippen LogP contribution in [0.1, 0.15) is 17.0 Å². The van der Waals surface area contributed by atoms with Gasteiger partial charge in [-0.2, -0.15) is 0 Å². The van der Waals surface area contributed by atoms with Crippen LogP contribution >= 0.6 is 15.9 Å². The Morgan fingerprint density at radius 1 is 1.05 bits per heavy atom. The van der Waals surface area contributed by atoms with Gasteiger partial charge in [0, 0.05) is 29.8 Å². The van der Waals surface area contributed by atoms with Gasteiger partial charge in [0.05, 0.1) is 0 Å². The molecular formula is C17H14BrFN2. The van der Waals surface area contributed by atoms with E-state index in [0.717, 1.165) is 22.4 Å². The van der Waals surface area contributed by atoms with Crippen molar-refractivity contribution < 1.29 is 4.39 Å². The predicted molar refractivity (Wildman–Crippen MR) is 84.7 cm³/mol. The highest BCUT2D eigenvalue weighted by atomic mass is 79.9. The molecule has 2 aromatic carbocycles. The average Bonchev–Trinajstić information content (AvgIpc) is 2.89. The Kier molecular flexibility index (Phi) is 4.15. The molecule has 0 unspecified atom stereocenters. The SMILES string of the molecule is Fc1ccc(Cc2nccn2Cc2cccc(Br)c2)cc1. The van der Waals surface area contributed by atoms with Gasteiger partial charge in [-0.1, -0.05) is 40.2 Å². The number of nitrogens with zero attached hydrogens (tertiary/aromatic N) is 2. The summed E-state index contributed by atoms with van der Waals surface area (Å²) in [6.45, 7) is 0.774. The Bertz CT molecular complexity index is 735. The summed E-state index contributed by atoms with van der Waals surface area (Å²) in [5.41, 5.74) is 2.26. The van der Waals surface area contributed by atoms with E-state index in [9.17, 15) is 4.39 Å². The summed E-state index contributed by atoms with van der Waals surface area (Å²) in [5, 5.41) is 0. The molecule has 4 heteroatoms. The molecule has 0 aliphatic carbocycles. The van der Waals surface area contributed by atoms with E-state index in [1.165, 1.54) is 17.7 Å². The highest BCUT2D eigenvalue weighted by Crippen LogP contribution is 2.15. The maximum Gasteiger partial charge on any atom is 0.123 e. The molecule has 0 amide bonds. The van der Waals surface area contributed by atoms with Crippen molar-refractivity contribution >= 4 is 15.9 Å². The zero-order chi connectivity index (χ0) is 14.7. The Hall–Kier alpha value is -1.94. The lowest BCUT2D eigenvalue weighted by Crippen LogP contribution is -2.05. The Morgan fingerprint density at radius 3 is 2.62 bits per heavy atom. The van der Waals surface area contributed by atoms with Crippen molar-refractivity contribution in [2.75, 3.05) is 0 Å². The van der Waals surface area contributed by atoms with Gasteiger partial charge in [0.2, 0.25) is 0 Å². The number of rotatable bonds is 4. The summed E-state index contributed by atoms with van der Waals surface area (Å²) >= 11 is 3.48. The Balaban J connectivity index is 1.79. The van der Waals surface area contributed by atoms with Crippen LogP contribution in [0.3, 0.4) is 0 Å². The van der Waals surface area contributed by atoms with E-state index in [-0.39, 0.29) is 5.82 Å². The molecule has 0 saturated heterocycles. The largest absolute Gasteiger partial charge is 0.330 e. The molecule has 0 saturated carbocycles. The van der Waals surface area contributed by atoms with Gasteiger partial charge in [-0.25, -0.2) is 9.37 Å². The van der Waals surface area contributed by atoms with Crippen molar-refractivity contribution in [2.45, 2.75) is 13.0 Å². The van der Waals surface area contributed by atoms with Crippen LogP contribution in [0.5, 0.6) is 0 Å². The molecule has 3 aromatic rings. The molecule has 2 nitrogen and oxygen atoms in total. The maximum atomic E-state index is 12.9. The molecular weight excluding hydrogens is 331 g/mol.